The molecule has 1 fully saturated rings. The quantitative estimate of drug-likeness (QED) is 0.530. The van der Waals surface area contributed by atoms with Crippen molar-refractivity contribution >= 4 is 5.91 Å². The minimum atomic E-state index is -0.0111. The van der Waals surface area contributed by atoms with Gasteiger partial charge in [0.25, 0.3) is 0 Å². The van der Waals surface area contributed by atoms with Gasteiger partial charge in [0.2, 0.25) is 5.91 Å². The fraction of sp³-hybridized carbons (Fsp3) is 0.900. The molecule has 1 radical (unpaired) electrons. The topological polar surface area (TPSA) is 69.9 Å². The van der Waals surface area contributed by atoms with Crippen LogP contribution in [0.3, 0.4) is 0 Å². The second-order valence-corrected chi connectivity index (χ2v) is 3.87. The summed E-state index contributed by atoms with van der Waals surface area (Å²) in [6.45, 7) is 7.42. The molecule has 1 aliphatic heterocycles. The highest BCUT2D eigenvalue weighted by Gasteiger charge is 2.16. The van der Waals surface area contributed by atoms with Crippen molar-refractivity contribution in [1.82, 2.24) is 20.7 Å². The molecular formula is C10H21N4O2. The van der Waals surface area contributed by atoms with Crippen LogP contribution in [0.4, 0.5) is 0 Å². The van der Waals surface area contributed by atoms with Gasteiger partial charge < -0.3 is 10.4 Å². The predicted molar refractivity (Wildman–Crippen MR) is 60.8 cm³/mol. The highest BCUT2D eigenvalue weighted by atomic mass is 16.3. The van der Waals surface area contributed by atoms with Crippen molar-refractivity contribution in [2.24, 2.45) is 0 Å². The number of aliphatic hydroxyl groups is 1. The van der Waals surface area contributed by atoms with E-state index in [9.17, 15) is 4.79 Å². The summed E-state index contributed by atoms with van der Waals surface area (Å²) in [6.07, 6.45) is 0. The first-order valence-corrected chi connectivity index (χ1v) is 5.72. The fourth-order valence-corrected chi connectivity index (χ4v) is 1.67. The molecule has 1 saturated heterocycles. The number of aliphatic hydroxyl groups excluding tert-OH is 1. The fourth-order valence-electron chi connectivity index (χ4n) is 1.67. The molecule has 93 valence electrons. The molecule has 1 rings (SSSR count). The molecule has 1 heterocycles. The van der Waals surface area contributed by atoms with Crippen molar-refractivity contribution in [2.45, 2.75) is 6.92 Å². The van der Waals surface area contributed by atoms with E-state index < -0.39 is 0 Å². The lowest BCUT2D eigenvalue weighted by Crippen LogP contribution is -2.50. The van der Waals surface area contributed by atoms with Crippen LogP contribution in [0.1, 0.15) is 6.92 Å². The summed E-state index contributed by atoms with van der Waals surface area (Å²) in [5.41, 5.74) is 4.38. The third kappa shape index (κ3) is 5.41. The second kappa shape index (κ2) is 7.56. The van der Waals surface area contributed by atoms with Gasteiger partial charge in [0, 0.05) is 52.7 Å². The molecule has 0 bridgehead atoms. The maximum Gasteiger partial charge on any atom is 0.216 e. The number of amides is 1. The highest BCUT2D eigenvalue weighted by molar-refractivity contribution is 5.72. The Morgan fingerprint density at radius 1 is 1.38 bits per heavy atom. The molecule has 0 aromatic carbocycles. The summed E-state index contributed by atoms with van der Waals surface area (Å²) in [6, 6.07) is 0. The zero-order valence-electron chi connectivity index (χ0n) is 9.85. The van der Waals surface area contributed by atoms with E-state index in [1.54, 1.807) is 0 Å². The van der Waals surface area contributed by atoms with Crippen molar-refractivity contribution < 1.29 is 9.90 Å². The van der Waals surface area contributed by atoms with Gasteiger partial charge in [0.05, 0.1) is 6.61 Å². The summed E-state index contributed by atoms with van der Waals surface area (Å²) in [5, 5.41) is 13.5. The summed E-state index contributed by atoms with van der Waals surface area (Å²) < 4.78 is 0. The lowest BCUT2D eigenvalue weighted by molar-refractivity contribution is -0.118. The Morgan fingerprint density at radius 3 is 2.62 bits per heavy atom. The first-order chi connectivity index (χ1) is 7.72. The van der Waals surface area contributed by atoms with Crippen molar-refractivity contribution in [1.29, 1.82) is 0 Å². The maximum atomic E-state index is 10.6. The van der Waals surface area contributed by atoms with E-state index in [1.165, 1.54) is 6.92 Å². The number of piperazine rings is 1. The van der Waals surface area contributed by atoms with Gasteiger partial charge in [-0.25, -0.2) is 5.01 Å². The van der Waals surface area contributed by atoms with Crippen LogP contribution in [-0.4, -0.2) is 73.3 Å². The number of nitrogens with zero attached hydrogens (tertiary/aromatic N) is 3. The highest BCUT2D eigenvalue weighted by Crippen LogP contribution is 1.98. The minimum Gasteiger partial charge on any atom is -0.395 e. The van der Waals surface area contributed by atoms with E-state index in [-0.39, 0.29) is 12.5 Å². The van der Waals surface area contributed by atoms with Gasteiger partial charge in [-0.2, -0.15) is 5.43 Å². The average molecular weight is 229 g/mol. The Labute approximate surface area is 96.6 Å². The number of β-amino-alcohol motifs (C(OH)–C–C–N with tert-alkyl or cyclic N) is 1. The average Bonchev–Trinajstić information content (AvgIpc) is 2.27. The molecule has 6 heteroatoms. The summed E-state index contributed by atoms with van der Waals surface area (Å²) >= 11 is 0. The van der Waals surface area contributed by atoms with Crippen molar-refractivity contribution in [2.75, 3.05) is 52.4 Å². The maximum absolute atomic E-state index is 10.6. The number of hydrogen-bond acceptors (Lipinski definition) is 4. The van der Waals surface area contributed by atoms with E-state index in [4.69, 9.17) is 5.11 Å². The molecule has 0 saturated carbocycles. The van der Waals surface area contributed by atoms with Crippen molar-refractivity contribution in [3.8, 4) is 0 Å². The molecular weight excluding hydrogens is 208 g/mol. The van der Waals surface area contributed by atoms with Gasteiger partial charge in [-0.05, 0) is 0 Å². The molecule has 0 aliphatic carbocycles. The van der Waals surface area contributed by atoms with Crippen LogP contribution in [0.25, 0.3) is 0 Å². The predicted octanol–water partition coefficient (Wildman–Crippen LogP) is -1.75. The van der Waals surface area contributed by atoms with E-state index in [2.05, 4.69) is 15.6 Å². The molecule has 16 heavy (non-hydrogen) atoms. The van der Waals surface area contributed by atoms with Crippen LogP contribution in [0, 0.1) is 0 Å². The van der Waals surface area contributed by atoms with Crippen LogP contribution >= 0.6 is 0 Å². The minimum absolute atomic E-state index is 0.0111. The number of rotatable bonds is 6. The van der Waals surface area contributed by atoms with Crippen LogP contribution in [0.2, 0.25) is 0 Å². The Balaban J connectivity index is 2.01. The van der Waals surface area contributed by atoms with Gasteiger partial charge in [-0.3, -0.25) is 9.69 Å². The lowest BCUT2D eigenvalue weighted by atomic mass is 10.3. The van der Waals surface area contributed by atoms with Crippen molar-refractivity contribution in [3.63, 3.8) is 0 Å². The number of carbonyl (C=O) groups excluding carboxylic acids is 1. The van der Waals surface area contributed by atoms with Crippen LogP contribution in [-0.2, 0) is 4.79 Å². The largest absolute Gasteiger partial charge is 0.395 e. The van der Waals surface area contributed by atoms with Crippen LogP contribution in [0.15, 0.2) is 0 Å². The van der Waals surface area contributed by atoms with Crippen LogP contribution in [0.5, 0.6) is 0 Å². The monoisotopic (exact) mass is 229 g/mol. The molecule has 1 amide bonds. The molecule has 0 spiro atoms. The molecule has 0 atom stereocenters. The Bertz CT molecular complexity index is 205. The molecule has 0 aromatic heterocycles. The van der Waals surface area contributed by atoms with E-state index >= 15 is 0 Å². The standard InChI is InChI=1S/C10H21N4O2/c1-10(16)11-2-3-12-14-6-4-13(5-7-14)8-9-15/h15H,2-9H2,1H3,(H,11,16). The Hall–Kier alpha value is -0.690. The van der Waals surface area contributed by atoms with E-state index in [1.807, 2.05) is 5.01 Å². The lowest BCUT2D eigenvalue weighted by Gasteiger charge is -2.33. The number of hydrogen-bond donors (Lipinski definition) is 2. The molecule has 6 nitrogen and oxygen atoms in total. The van der Waals surface area contributed by atoms with Gasteiger partial charge in [-0.1, -0.05) is 0 Å². The third-order valence-corrected chi connectivity index (χ3v) is 2.55. The van der Waals surface area contributed by atoms with E-state index in [0.717, 1.165) is 32.7 Å². The second-order valence-electron chi connectivity index (χ2n) is 3.87. The van der Waals surface area contributed by atoms with Gasteiger partial charge >= 0.3 is 0 Å². The Morgan fingerprint density at radius 2 is 2.06 bits per heavy atom. The number of carbonyl (C=O) groups is 1. The first-order valence-electron chi connectivity index (χ1n) is 5.72. The molecule has 1 aliphatic rings. The van der Waals surface area contributed by atoms with Crippen molar-refractivity contribution in [3.05, 3.63) is 0 Å². The van der Waals surface area contributed by atoms with Gasteiger partial charge in [-0.15, -0.1) is 0 Å². The molecule has 0 unspecified atom stereocenters. The zero-order valence-corrected chi connectivity index (χ0v) is 9.85. The smallest absolute Gasteiger partial charge is 0.216 e. The molecule has 0 aromatic rings. The van der Waals surface area contributed by atoms with E-state index in [0.29, 0.717) is 13.1 Å². The number of nitrogens with one attached hydrogen (secondary N) is 1. The van der Waals surface area contributed by atoms with Gasteiger partial charge in [0.1, 0.15) is 0 Å². The third-order valence-electron chi connectivity index (χ3n) is 2.55. The van der Waals surface area contributed by atoms with Gasteiger partial charge in [0.15, 0.2) is 0 Å². The summed E-state index contributed by atoms with van der Waals surface area (Å²) in [7, 11) is 0. The summed E-state index contributed by atoms with van der Waals surface area (Å²) in [4.78, 5) is 12.8. The SMILES string of the molecule is CC(=O)NCC[N]N1CCN(CCO)CC1. The zero-order chi connectivity index (χ0) is 11.8. The first kappa shape index (κ1) is 13.4. The van der Waals surface area contributed by atoms with Crippen LogP contribution < -0.4 is 10.7 Å². The summed E-state index contributed by atoms with van der Waals surface area (Å²) in [5.74, 6) is -0.0111. The Kier molecular flexibility index (Phi) is 6.32. The normalized spacial score (nSPS) is 18.6. The molecule has 2 N–H and O–H groups in total.